The summed E-state index contributed by atoms with van der Waals surface area (Å²) in [6.07, 6.45) is 13.5. The molecular formula is C18H38O. The van der Waals surface area contributed by atoms with Crippen molar-refractivity contribution in [2.45, 2.75) is 91.9 Å². The molecule has 1 heteroatoms. The Hall–Kier alpha value is -0.0400. The van der Waals surface area contributed by atoms with Crippen LogP contribution in [0.4, 0.5) is 0 Å². The van der Waals surface area contributed by atoms with Crippen LogP contribution in [-0.2, 0) is 4.74 Å². The normalized spacial score (nSPS) is 11.7. The van der Waals surface area contributed by atoms with Crippen LogP contribution in [0.25, 0.3) is 0 Å². The molecule has 0 atom stereocenters. The molecule has 0 aromatic rings. The van der Waals surface area contributed by atoms with Crippen LogP contribution in [0.2, 0.25) is 0 Å². The van der Waals surface area contributed by atoms with Crippen LogP contribution < -0.4 is 0 Å². The fraction of sp³-hybridized carbons (Fsp3) is 1.00. The van der Waals surface area contributed by atoms with E-state index in [1.54, 1.807) is 0 Å². The van der Waals surface area contributed by atoms with Crippen LogP contribution in [0.1, 0.15) is 91.9 Å². The van der Waals surface area contributed by atoms with E-state index in [2.05, 4.69) is 27.7 Å². The van der Waals surface area contributed by atoms with E-state index < -0.39 is 0 Å². The highest BCUT2D eigenvalue weighted by Crippen LogP contribution is 2.10. The van der Waals surface area contributed by atoms with Gasteiger partial charge in [-0.2, -0.15) is 0 Å². The Morgan fingerprint density at radius 3 is 1.26 bits per heavy atom. The first-order chi connectivity index (χ1) is 9.13. The molecule has 0 rings (SSSR count). The Morgan fingerprint density at radius 2 is 0.895 bits per heavy atom. The van der Waals surface area contributed by atoms with Gasteiger partial charge in [0.1, 0.15) is 0 Å². The smallest absolute Gasteiger partial charge is 0.0466 e. The molecule has 0 N–H and O–H groups in total. The van der Waals surface area contributed by atoms with Gasteiger partial charge in [0.2, 0.25) is 0 Å². The second-order valence-corrected chi connectivity index (χ2v) is 6.81. The molecule has 0 fully saturated rings. The van der Waals surface area contributed by atoms with Gasteiger partial charge in [-0.05, 0) is 24.7 Å². The molecule has 116 valence electrons. The van der Waals surface area contributed by atoms with Crippen molar-refractivity contribution >= 4 is 0 Å². The van der Waals surface area contributed by atoms with Crippen molar-refractivity contribution in [3.8, 4) is 0 Å². The first-order valence-corrected chi connectivity index (χ1v) is 8.70. The molecule has 0 aliphatic heterocycles. The molecule has 0 aliphatic rings. The number of rotatable bonds is 14. The summed E-state index contributed by atoms with van der Waals surface area (Å²) in [4.78, 5) is 0. The van der Waals surface area contributed by atoms with Crippen LogP contribution in [0.5, 0.6) is 0 Å². The van der Waals surface area contributed by atoms with E-state index in [1.807, 2.05) is 0 Å². The highest BCUT2D eigenvalue weighted by Gasteiger charge is 1.96. The van der Waals surface area contributed by atoms with Gasteiger partial charge >= 0.3 is 0 Å². The molecule has 0 bridgehead atoms. The van der Waals surface area contributed by atoms with Gasteiger partial charge in [0.05, 0.1) is 0 Å². The highest BCUT2D eigenvalue weighted by molar-refractivity contribution is 4.49. The third-order valence-corrected chi connectivity index (χ3v) is 3.64. The van der Waals surface area contributed by atoms with Crippen molar-refractivity contribution in [1.29, 1.82) is 0 Å². The molecule has 0 amide bonds. The topological polar surface area (TPSA) is 9.23 Å². The first kappa shape index (κ1) is 19.0. The summed E-state index contributed by atoms with van der Waals surface area (Å²) in [5, 5.41) is 0. The Balaban J connectivity index is 2.95. The van der Waals surface area contributed by atoms with E-state index >= 15 is 0 Å². The van der Waals surface area contributed by atoms with Crippen LogP contribution in [0.3, 0.4) is 0 Å². The third-order valence-electron chi connectivity index (χ3n) is 3.64. The zero-order chi connectivity index (χ0) is 14.3. The second kappa shape index (κ2) is 14.4. The molecule has 0 unspecified atom stereocenters. The van der Waals surface area contributed by atoms with Crippen molar-refractivity contribution in [2.75, 3.05) is 13.2 Å². The van der Waals surface area contributed by atoms with Crippen LogP contribution >= 0.6 is 0 Å². The number of ether oxygens (including phenoxy) is 1. The van der Waals surface area contributed by atoms with E-state index in [1.165, 1.54) is 64.2 Å². The van der Waals surface area contributed by atoms with Gasteiger partial charge in [0.25, 0.3) is 0 Å². The van der Waals surface area contributed by atoms with E-state index in [0.29, 0.717) is 0 Å². The van der Waals surface area contributed by atoms with Crippen LogP contribution in [0.15, 0.2) is 0 Å². The summed E-state index contributed by atoms with van der Waals surface area (Å²) in [5.74, 6) is 1.74. The molecule has 0 aromatic heterocycles. The molecule has 19 heavy (non-hydrogen) atoms. The Morgan fingerprint density at radius 1 is 0.526 bits per heavy atom. The van der Waals surface area contributed by atoms with Gasteiger partial charge in [0.15, 0.2) is 0 Å². The van der Waals surface area contributed by atoms with Crippen molar-refractivity contribution in [2.24, 2.45) is 11.8 Å². The maximum atomic E-state index is 5.69. The quantitative estimate of drug-likeness (QED) is 0.341. The lowest BCUT2D eigenvalue weighted by Crippen LogP contribution is -1.97. The lowest BCUT2D eigenvalue weighted by Gasteiger charge is -2.06. The molecule has 0 spiro atoms. The molecule has 0 saturated heterocycles. The molecule has 1 nitrogen and oxygen atoms in total. The summed E-state index contributed by atoms with van der Waals surface area (Å²) < 4.78 is 5.69. The Bertz CT molecular complexity index is 145. The molecule has 0 aliphatic carbocycles. The zero-order valence-electron chi connectivity index (χ0n) is 14.0. The van der Waals surface area contributed by atoms with E-state index in [-0.39, 0.29) is 0 Å². The lowest BCUT2D eigenvalue weighted by molar-refractivity contribution is 0.125. The van der Waals surface area contributed by atoms with Gasteiger partial charge in [-0.15, -0.1) is 0 Å². The average Bonchev–Trinajstić information content (AvgIpc) is 2.34. The first-order valence-electron chi connectivity index (χ1n) is 8.70. The van der Waals surface area contributed by atoms with Gasteiger partial charge in [0, 0.05) is 13.2 Å². The minimum absolute atomic E-state index is 0.868. The summed E-state index contributed by atoms with van der Waals surface area (Å²) in [6, 6.07) is 0. The molecule has 0 radical (unpaired) electrons. The molecule has 0 aromatic carbocycles. The van der Waals surface area contributed by atoms with Crippen molar-refractivity contribution in [3.63, 3.8) is 0 Å². The maximum Gasteiger partial charge on any atom is 0.0466 e. The van der Waals surface area contributed by atoms with Crippen molar-refractivity contribution in [1.82, 2.24) is 0 Å². The minimum Gasteiger partial charge on any atom is -0.381 e. The predicted molar refractivity (Wildman–Crippen MR) is 86.7 cm³/mol. The fourth-order valence-corrected chi connectivity index (χ4v) is 2.32. The van der Waals surface area contributed by atoms with E-state index in [9.17, 15) is 0 Å². The summed E-state index contributed by atoms with van der Waals surface area (Å²) >= 11 is 0. The Labute approximate surface area is 122 Å². The molecule has 0 heterocycles. The fourth-order valence-electron chi connectivity index (χ4n) is 2.32. The van der Waals surface area contributed by atoms with Gasteiger partial charge in [-0.1, -0.05) is 79.1 Å². The number of hydrogen-bond donors (Lipinski definition) is 0. The standard InChI is InChI=1S/C18H38O/c1-17(2)13-9-5-7-11-15-19-16-12-8-6-10-14-18(3)4/h17-18H,5-16H2,1-4H3. The number of hydrogen-bond acceptors (Lipinski definition) is 1. The largest absolute Gasteiger partial charge is 0.381 e. The highest BCUT2D eigenvalue weighted by atomic mass is 16.5. The van der Waals surface area contributed by atoms with Crippen LogP contribution in [-0.4, -0.2) is 13.2 Å². The second-order valence-electron chi connectivity index (χ2n) is 6.81. The van der Waals surface area contributed by atoms with Crippen molar-refractivity contribution < 1.29 is 4.74 Å². The summed E-state index contributed by atoms with van der Waals surface area (Å²) in [6.45, 7) is 11.2. The number of unbranched alkanes of at least 4 members (excludes halogenated alkanes) is 6. The predicted octanol–water partition coefficient (Wildman–Crippen LogP) is 6.22. The lowest BCUT2D eigenvalue weighted by atomic mass is 10.0. The zero-order valence-corrected chi connectivity index (χ0v) is 14.0. The minimum atomic E-state index is 0.868. The molecule has 0 saturated carbocycles. The average molecular weight is 271 g/mol. The van der Waals surface area contributed by atoms with E-state index in [0.717, 1.165) is 25.0 Å². The van der Waals surface area contributed by atoms with Gasteiger partial charge < -0.3 is 4.74 Å². The van der Waals surface area contributed by atoms with Gasteiger partial charge in [-0.25, -0.2) is 0 Å². The van der Waals surface area contributed by atoms with Crippen LogP contribution in [0, 0.1) is 11.8 Å². The SMILES string of the molecule is CC(C)CCCCCCOCCCCCCC(C)C. The molecular weight excluding hydrogens is 232 g/mol. The third kappa shape index (κ3) is 18.0. The van der Waals surface area contributed by atoms with Crippen molar-refractivity contribution in [3.05, 3.63) is 0 Å². The monoisotopic (exact) mass is 270 g/mol. The summed E-state index contributed by atoms with van der Waals surface area (Å²) in [7, 11) is 0. The Kier molecular flexibility index (Phi) is 14.3. The summed E-state index contributed by atoms with van der Waals surface area (Å²) in [5.41, 5.74) is 0. The maximum absolute atomic E-state index is 5.69. The van der Waals surface area contributed by atoms with E-state index in [4.69, 9.17) is 4.74 Å². The van der Waals surface area contributed by atoms with Gasteiger partial charge in [-0.3, -0.25) is 0 Å².